The first kappa shape index (κ1) is 18.0. The molecule has 1 aliphatic heterocycles. The van der Waals surface area contributed by atoms with Crippen LogP contribution in [0.1, 0.15) is 38.5 Å². The average molecular weight is 365 g/mol. The highest BCUT2D eigenvalue weighted by molar-refractivity contribution is 5.94. The second-order valence-corrected chi connectivity index (χ2v) is 7.55. The smallest absolute Gasteiger partial charge is 0.228 e. The van der Waals surface area contributed by atoms with E-state index < -0.39 is 0 Å². The molecule has 1 saturated carbocycles. The van der Waals surface area contributed by atoms with E-state index in [0.717, 1.165) is 25.9 Å². The topological polar surface area (TPSA) is 54.5 Å². The Morgan fingerprint density at radius 2 is 1.93 bits per heavy atom. The van der Waals surface area contributed by atoms with Crippen LogP contribution in [-0.2, 0) is 4.79 Å². The van der Waals surface area contributed by atoms with E-state index in [-0.39, 0.29) is 11.8 Å². The summed E-state index contributed by atoms with van der Waals surface area (Å²) < 4.78 is 5.91. The molecule has 2 fully saturated rings. The fourth-order valence-corrected chi connectivity index (χ4v) is 4.25. The molecule has 5 heteroatoms. The van der Waals surface area contributed by atoms with Gasteiger partial charge in [0.05, 0.1) is 17.8 Å². The number of ether oxygens (including phenoxy) is 1. The monoisotopic (exact) mass is 365 g/mol. The number of carbonyl (C=O) groups is 1. The van der Waals surface area contributed by atoms with Gasteiger partial charge in [0.1, 0.15) is 5.75 Å². The molecule has 1 aromatic heterocycles. The molecule has 2 aliphatic rings. The van der Waals surface area contributed by atoms with Crippen LogP contribution in [0, 0.1) is 5.92 Å². The molecule has 2 aromatic rings. The van der Waals surface area contributed by atoms with Crippen LogP contribution < -0.4 is 10.1 Å². The lowest BCUT2D eigenvalue weighted by Crippen LogP contribution is -2.44. The van der Waals surface area contributed by atoms with Gasteiger partial charge < -0.3 is 10.1 Å². The lowest BCUT2D eigenvalue weighted by molar-refractivity contribution is -0.121. The number of aromatic nitrogens is 1. The Labute approximate surface area is 160 Å². The quantitative estimate of drug-likeness (QED) is 0.849. The van der Waals surface area contributed by atoms with Crippen LogP contribution >= 0.6 is 0 Å². The van der Waals surface area contributed by atoms with E-state index in [0.29, 0.717) is 23.2 Å². The normalized spacial score (nSPS) is 21.1. The van der Waals surface area contributed by atoms with Crippen molar-refractivity contribution in [2.45, 2.75) is 44.6 Å². The molecule has 0 bridgehead atoms. The summed E-state index contributed by atoms with van der Waals surface area (Å²) >= 11 is 0. The number of carbonyl (C=O) groups excluding carboxylic acids is 1. The van der Waals surface area contributed by atoms with Gasteiger partial charge in [-0.1, -0.05) is 25.0 Å². The number of pyridine rings is 1. The standard InChI is InChI=1S/C22H27N3O2/c26-22(17-7-6-14-25(16-17)18-8-1-2-9-18)24-20-11-3-4-12-21(20)27-19-10-5-13-23-15-19/h3-5,10-13,15,17-18H,1-2,6-9,14,16H2,(H,24,26)/t17-/m1/s1. The molecule has 1 amide bonds. The molecule has 4 rings (SSSR count). The number of nitrogens with one attached hydrogen (secondary N) is 1. The molecule has 1 saturated heterocycles. The fourth-order valence-electron chi connectivity index (χ4n) is 4.25. The number of likely N-dealkylation sites (tertiary alicyclic amines) is 1. The SMILES string of the molecule is O=C(Nc1ccccc1Oc1cccnc1)[C@@H]1CCCN(C2CCCC2)C1. The maximum atomic E-state index is 12.9. The Bertz CT molecular complexity index is 759. The van der Waals surface area contributed by atoms with Gasteiger partial charge in [0.25, 0.3) is 0 Å². The maximum absolute atomic E-state index is 12.9. The molecule has 1 aliphatic carbocycles. The zero-order chi connectivity index (χ0) is 18.5. The number of piperidine rings is 1. The van der Waals surface area contributed by atoms with Crippen molar-refractivity contribution in [3.63, 3.8) is 0 Å². The van der Waals surface area contributed by atoms with Crippen molar-refractivity contribution in [2.75, 3.05) is 18.4 Å². The van der Waals surface area contributed by atoms with E-state index in [2.05, 4.69) is 15.2 Å². The second kappa shape index (κ2) is 8.53. The van der Waals surface area contributed by atoms with Gasteiger partial charge in [-0.2, -0.15) is 0 Å². The molecule has 1 N–H and O–H groups in total. The summed E-state index contributed by atoms with van der Waals surface area (Å²) in [7, 11) is 0. The fraction of sp³-hybridized carbons (Fsp3) is 0.455. The van der Waals surface area contributed by atoms with Crippen LogP contribution in [0.2, 0.25) is 0 Å². The van der Waals surface area contributed by atoms with Crippen LogP contribution in [0.5, 0.6) is 11.5 Å². The van der Waals surface area contributed by atoms with Crippen LogP contribution in [-0.4, -0.2) is 34.9 Å². The zero-order valence-corrected chi connectivity index (χ0v) is 15.6. The van der Waals surface area contributed by atoms with Crippen molar-refractivity contribution in [2.24, 2.45) is 5.92 Å². The minimum atomic E-state index is 0.0470. The van der Waals surface area contributed by atoms with Gasteiger partial charge in [0.2, 0.25) is 5.91 Å². The number of benzene rings is 1. The summed E-state index contributed by atoms with van der Waals surface area (Å²) in [4.78, 5) is 19.5. The molecule has 1 aromatic carbocycles. The minimum Gasteiger partial charge on any atom is -0.454 e. The van der Waals surface area contributed by atoms with Crippen molar-refractivity contribution in [1.82, 2.24) is 9.88 Å². The molecule has 5 nitrogen and oxygen atoms in total. The number of nitrogens with zero attached hydrogens (tertiary/aromatic N) is 2. The second-order valence-electron chi connectivity index (χ2n) is 7.55. The highest BCUT2D eigenvalue weighted by Gasteiger charge is 2.31. The van der Waals surface area contributed by atoms with E-state index in [1.54, 1.807) is 12.4 Å². The molecule has 0 spiro atoms. The van der Waals surface area contributed by atoms with Gasteiger partial charge in [-0.25, -0.2) is 0 Å². The van der Waals surface area contributed by atoms with Crippen molar-refractivity contribution >= 4 is 11.6 Å². The Kier molecular flexibility index (Phi) is 5.68. The number of hydrogen-bond acceptors (Lipinski definition) is 4. The van der Waals surface area contributed by atoms with Gasteiger partial charge in [-0.15, -0.1) is 0 Å². The predicted molar refractivity (Wildman–Crippen MR) is 106 cm³/mol. The zero-order valence-electron chi connectivity index (χ0n) is 15.6. The molecule has 142 valence electrons. The van der Waals surface area contributed by atoms with Crippen LogP contribution in [0.3, 0.4) is 0 Å². The summed E-state index contributed by atoms with van der Waals surface area (Å²) in [5.74, 6) is 1.44. The minimum absolute atomic E-state index is 0.0470. The molecular weight excluding hydrogens is 338 g/mol. The summed E-state index contributed by atoms with van der Waals surface area (Å²) in [5.41, 5.74) is 0.712. The summed E-state index contributed by atoms with van der Waals surface area (Å²) in [5, 5.41) is 3.10. The largest absolute Gasteiger partial charge is 0.454 e. The predicted octanol–water partition coefficient (Wildman–Crippen LogP) is 4.47. The summed E-state index contributed by atoms with van der Waals surface area (Å²) in [6.07, 6.45) is 10.7. The van der Waals surface area contributed by atoms with E-state index in [1.807, 2.05) is 36.4 Å². The molecular formula is C22H27N3O2. The first-order valence-electron chi connectivity index (χ1n) is 10.0. The lowest BCUT2D eigenvalue weighted by atomic mass is 9.95. The molecule has 1 atom stereocenters. The summed E-state index contributed by atoms with van der Waals surface area (Å²) in [6.45, 7) is 2.01. The number of anilines is 1. The number of rotatable bonds is 5. The molecule has 0 radical (unpaired) electrons. The Morgan fingerprint density at radius 3 is 2.74 bits per heavy atom. The van der Waals surface area contributed by atoms with Crippen LogP contribution in [0.15, 0.2) is 48.8 Å². The Morgan fingerprint density at radius 1 is 1.07 bits per heavy atom. The van der Waals surface area contributed by atoms with E-state index in [9.17, 15) is 4.79 Å². The van der Waals surface area contributed by atoms with Crippen molar-refractivity contribution in [3.05, 3.63) is 48.8 Å². The third-order valence-electron chi connectivity index (χ3n) is 5.67. The van der Waals surface area contributed by atoms with E-state index in [1.165, 1.54) is 25.7 Å². The van der Waals surface area contributed by atoms with Gasteiger partial charge in [-0.05, 0) is 56.5 Å². The van der Waals surface area contributed by atoms with Crippen molar-refractivity contribution < 1.29 is 9.53 Å². The van der Waals surface area contributed by atoms with Crippen molar-refractivity contribution in [3.8, 4) is 11.5 Å². The van der Waals surface area contributed by atoms with Gasteiger partial charge >= 0.3 is 0 Å². The van der Waals surface area contributed by atoms with Gasteiger partial charge in [-0.3, -0.25) is 14.7 Å². The third-order valence-corrected chi connectivity index (χ3v) is 5.67. The lowest BCUT2D eigenvalue weighted by Gasteiger charge is -2.36. The first-order valence-corrected chi connectivity index (χ1v) is 10.0. The van der Waals surface area contributed by atoms with Gasteiger partial charge in [0, 0.05) is 18.8 Å². The number of para-hydroxylation sites is 2. The van der Waals surface area contributed by atoms with Gasteiger partial charge in [0.15, 0.2) is 5.75 Å². The molecule has 2 heterocycles. The maximum Gasteiger partial charge on any atom is 0.228 e. The molecule has 0 unspecified atom stereocenters. The highest BCUT2D eigenvalue weighted by atomic mass is 16.5. The average Bonchev–Trinajstić information content (AvgIpc) is 3.25. The number of amides is 1. The van der Waals surface area contributed by atoms with E-state index in [4.69, 9.17) is 4.74 Å². The Balaban J connectivity index is 1.42. The molecule has 27 heavy (non-hydrogen) atoms. The van der Waals surface area contributed by atoms with Crippen molar-refractivity contribution in [1.29, 1.82) is 0 Å². The third kappa shape index (κ3) is 4.48. The van der Waals surface area contributed by atoms with Crippen LogP contribution in [0.25, 0.3) is 0 Å². The number of hydrogen-bond donors (Lipinski definition) is 1. The van der Waals surface area contributed by atoms with Crippen LogP contribution in [0.4, 0.5) is 5.69 Å². The first-order chi connectivity index (χ1) is 13.3. The van der Waals surface area contributed by atoms with E-state index >= 15 is 0 Å². The summed E-state index contributed by atoms with van der Waals surface area (Å²) in [6, 6.07) is 11.9. The Hall–Kier alpha value is -2.40. The highest BCUT2D eigenvalue weighted by Crippen LogP contribution is 2.31.